The molecule has 0 aliphatic heterocycles. The van der Waals surface area contributed by atoms with Gasteiger partial charge in [-0.3, -0.25) is 0 Å². The number of aliphatic hydroxyl groups is 1. The lowest BCUT2D eigenvalue weighted by Crippen LogP contribution is -2.00. The molecule has 2 aromatic carbocycles. The molecule has 5 heteroatoms. The zero-order valence-electron chi connectivity index (χ0n) is 11.6. The monoisotopic (exact) mass is 281 g/mol. The summed E-state index contributed by atoms with van der Waals surface area (Å²) in [6.45, 7) is -0.0372. The van der Waals surface area contributed by atoms with E-state index in [1.54, 1.807) is 11.8 Å². The van der Waals surface area contributed by atoms with Crippen LogP contribution in [0.5, 0.6) is 5.75 Å². The third kappa shape index (κ3) is 2.64. The number of benzene rings is 2. The van der Waals surface area contributed by atoms with Crippen LogP contribution in [0.4, 0.5) is 0 Å². The molecule has 106 valence electrons. The molecule has 0 aliphatic carbocycles. The van der Waals surface area contributed by atoms with Crippen molar-refractivity contribution in [2.24, 2.45) is 0 Å². The molecule has 0 saturated carbocycles. The molecule has 3 rings (SSSR count). The summed E-state index contributed by atoms with van der Waals surface area (Å²) in [6.07, 6.45) is 1.84. The van der Waals surface area contributed by atoms with E-state index in [0.29, 0.717) is 0 Å². The zero-order valence-corrected chi connectivity index (χ0v) is 11.6. The lowest BCUT2D eigenvalue weighted by atomic mass is 10.1. The Labute approximate surface area is 122 Å². The quantitative estimate of drug-likeness (QED) is 0.798. The SMILES string of the molecule is COc1cccc(-c2cn(-c3ccccc3CO)nn2)c1. The minimum Gasteiger partial charge on any atom is -0.497 e. The summed E-state index contributed by atoms with van der Waals surface area (Å²) in [7, 11) is 1.63. The van der Waals surface area contributed by atoms with E-state index in [1.807, 2.05) is 54.7 Å². The van der Waals surface area contributed by atoms with Crippen LogP contribution < -0.4 is 4.74 Å². The Hall–Kier alpha value is -2.66. The fourth-order valence-corrected chi connectivity index (χ4v) is 2.16. The molecule has 5 nitrogen and oxygen atoms in total. The summed E-state index contributed by atoms with van der Waals surface area (Å²) in [5.41, 5.74) is 3.31. The third-order valence-corrected chi connectivity index (χ3v) is 3.27. The molecule has 1 aromatic heterocycles. The lowest BCUT2D eigenvalue weighted by Gasteiger charge is -2.05. The molecule has 0 bridgehead atoms. The number of hydrogen-bond acceptors (Lipinski definition) is 4. The normalized spacial score (nSPS) is 10.6. The summed E-state index contributed by atoms with van der Waals surface area (Å²) in [4.78, 5) is 0. The van der Waals surface area contributed by atoms with Gasteiger partial charge in [0.15, 0.2) is 0 Å². The summed E-state index contributed by atoms with van der Waals surface area (Å²) < 4.78 is 6.88. The molecule has 1 heterocycles. The van der Waals surface area contributed by atoms with Crippen molar-refractivity contribution < 1.29 is 9.84 Å². The molecule has 0 amide bonds. The summed E-state index contributed by atoms with van der Waals surface area (Å²) >= 11 is 0. The number of aromatic nitrogens is 3. The van der Waals surface area contributed by atoms with Crippen LogP contribution in [0.3, 0.4) is 0 Å². The van der Waals surface area contributed by atoms with E-state index in [-0.39, 0.29) is 6.61 Å². The molecule has 0 radical (unpaired) electrons. The maximum absolute atomic E-state index is 9.39. The van der Waals surface area contributed by atoms with Gasteiger partial charge in [-0.05, 0) is 18.2 Å². The Bertz CT molecular complexity index is 753. The zero-order chi connectivity index (χ0) is 14.7. The Morgan fingerprint density at radius 2 is 2.00 bits per heavy atom. The van der Waals surface area contributed by atoms with Crippen molar-refractivity contribution in [2.75, 3.05) is 7.11 Å². The molecule has 0 saturated heterocycles. The standard InChI is InChI=1S/C16H15N3O2/c1-21-14-7-4-6-12(9-14)15-10-19(18-17-15)16-8-3-2-5-13(16)11-20/h2-10,20H,11H2,1H3. The van der Waals surface area contributed by atoms with Gasteiger partial charge in [0.1, 0.15) is 11.4 Å². The van der Waals surface area contributed by atoms with E-state index in [1.165, 1.54) is 0 Å². The van der Waals surface area contributed by atoms with Crippen LogP contribution in [-0.4, -0.2) is 27.2 Å². The third-order valence-electron chi connectivity index (χ3n) is 3.27. The topological polar surface area (TPSA) is 60.2 Å². The van der Waals surface area contributed by atoms with Crippen molar-refractivity contribution in [1.82, 2.24) is 15.0 Å². The van der Waals surface area contributed by atoms with Crippen LogP contribution in [0.15, 0.2) is 54.7 Å². The minimum absolute atomic E-state index is 0.0372. The van der Waals surface area contributed by atoms with Crippen LogP contribution in [0.1, 0.15) is 5.56 Å². The van der Waals surface area contributed by atoms with Gasteiger partial charge >= 0.3 is 0 Å². The number of methoxy groups -OCH3 is 1. The second kappa shape index (κ2) is 5.76. The van der Waals surface area contributed by atoms with Gasteiger partial charge in [0.2, 0.25) is 0 Å². The first-order valence-electron chi connectivity index (χ1n) is 6.57. The van der Waals surface area contributed by atoms with E-state index in [4.69, 9.17) is 4.74 Å². The van der Waals surface area contributed by atoms with Crippen molar-refractivity contribution in [3.05, 3.63) is 60.3 Å². The average Bonchev–Trinajstić information content (AvgIpc) is 3.04. The Morgan fingerprint density at radius 1 is 1.14 bits per heavy atom. The van der Waals surface area contributed by atoms with Crippen molar-refractivity contribution in [2.45, 2.75) is 6.61 Å². The lowest BCUT2D eigenvalue weighted by molar-refractivity contribution is 0.281. The van der Waals surface area contributed by atoms with Gasteiger partial charge in [-0.2, -0.15) is 0 Å². The molecule has 0 aliphatic rings. The van der Waals surface area contributed by atoms with Gasteiger partial charge in [-0.1, -0.05) is 35.5 Å². The molecule has 3 aromatic rings. The van der Waals surface area contributed by atoms with E-state index < -0.39 is 0 Å². The largest absolute Gasteiger partial charge is 0.497 e. The van der Waals surface area contributed by atoms with Gasteiger partial charge in [0, 0.05) is 11.1 Å². The molecule has 0 atom stereocenters. The molecule has 21 heavy (non-hydrogen) atoms. The van der Waals surface area contributed by atoms with Crippen molar-refractivity contribution in [3.63, 3.8) is 0 Å². The highest BCUT2D eigenvalue weighted by atomic mass is 16.5. The van der Waals surface area contributed by atoms with Gasteiger partial charge in [0.05, 0.1) is 25.6 Å². The van der Waals surface area contributed by atoms with Gasteiger partial charge in [0.25, 0.3) is 0 Å². The van der Waals surface area contributed by atoms with E-state index in [2.05, 4.69) is 10.3 Å². The summed E-state index contributed by atoms with van der Waals surface area (Å²) in [5, 5.41) is 17.7. The van der Waals surface area contributed by atoms with Crippen LogP contribution in [0.2, 0.25) is 0 Å². The van der Waals surface area contributed by atoms with Crippen LogP contribution >= 0.6 is 0 Å². The number of nitrogens with zero attached hydrogens (tertiary/aromatic N) is 3. The first-order valence-corrected chi connectivity index (χ1v) is 6.57. The molecular weight excluding hydrogens is 266 g/mol. The first-order chi connectivity index (χ1) is 10.3. The highest BCUT2D eigenvalue weighted by molar-refractivity contribution is 5.60. The Morgan fingerprint density at radius 3 is 2.81 bits per heavy atom. The van der Waals surface area contributed by atoms with Gasteiger partial charge in [-0.15, -0.1) is 5.10 Å². The summed E-state index contributed by atoms with van der Waals surface area (Å²) in [6, 6.07) is 15.2. The second-order valence-electron chi connectivity index (χ2n) is 4.57. The number of aliphatic hydroxyl groups excluding tert-OH is 1. The molecule has 0 spiro atoms. The highest BCUT2D eigenvalue weighted by Gasteiger charge is 2.08. The molecule has 0 fully saturated rings. The number of hydrogen-bond donors (Lipinski definition) is 1. The van der Waals surface area contributed by atoms with Crippen LogP contribution in [0, 0.1) is 0 Å². The highest BCUT2D eigenvalue weighted by Crippen LogP contribution is 2.23. The second-order valence-corrected chi connectivity index (χ2v) is 4.57. The molecule has 1 N–H and O–H groups in total. The molecule has 0 unspecified atom stereocenters. The van der Waals surface area contributed by atoms with Crippen LogP contribution in [-0.2, 0) is 6.61 Å². The van der Waals surface area contributed by atoms with E-state index in [0.717, 1.165) is 28.3 Å². The van der Waals surface area contributed by atoms with Crippen molar-refractivity contribution in [3.8, 4) is 22.7 Å². The fraction of sp³-hybridized carbons (Fsp3) is 0.125. The average molecular weight is 281 g/mol. The predicted octanol–water partition coefficient (Wildman–Crippen LogP) is 2.44. The smallest absolute Gasteiger partial charge is 0.119 e. The fourth-order valence-electron chi connectivity index (χ4n) is 2.16. The van der Waals surface area contributed by atoms with E-state index >= 15 is 0 Å². The Balaban J connectivity index is 1.99. The van der Waals surface area contributed by atoms with Gasteiger partial charge in [-0.25, -0.2) is 4.68 Å². The van der Waals surface area contributed by atoms with Gasteiger partial charge < -0.3 is 9.84 Å². The minimum atomic E-state index is -0.0372. The number of ether oxygens (including phenoxy) is 1. The summed E-state index contributed by atoms with van der Waals surface area (Å²) in [5.74, 6) is 0.776. The maximum atomic E-state index is 9.39. The van der Waals surface area contributed by atoms with Crippen LogP contribution in [0.25, 0.3) is 16.9 Å². The first kappa shape index (κ1) is 13.3. The number of para-hydroxylation sites is 1. The van der Waals surface area contributed by atoms with Crippen molar-refractivity contribution in [1.29, 1.82) is 0 Å². The number of rotatable bonds is 4. The predicted molar refractivity (Wildman–Crippen MR) is 79.3 cm³/mol. The molecular formula is C16H15N3O2. The Kier molecular flexibility index (Phi) is 3.66. The maximum Gasteiger partial charge on any atom is 0.119 e. The van der Waals surface area contributed by atoms with E-state index in [9.17, 15) is 5.11 Å². The van der Waals surface area contributed by atoms with Crippen molar-refractivity contribution >= 4 is 0 Å².